The van der Waals surface area contributed by atoms with E-state index in [1.807, 2.05) is 0 Å². The van der Waals surface area contributed by atoms with Crippen LogP contribution in [-0.4, -0.2) is 26.1 Å². The summed E-state index contributed by atoms with van der Waals surface area (Å²) in [5, 5.41) is 12.6. The third-order valence-corrected chi connectivity index (χ3v) is 2.17. The molecule has 0 radical (unpaired) electrons. The second-order valence-corrected chi connectivity index (χ2v) is 3.41. The minimum atomic E-state index is -0.843. The number of carboxylic acid groups (broad SMARTS) is 1. The van der Waals surface area contributed by atoms with Crippen LogP contribution in [0.2, 0.25) is 0 Å². The van der Waals surface area contributed by atoms with Gasteiger partial charge in [0.25, 0.3) is 0 Å². The van der Waals surface area contributed by atoms with Crippen LogP contribution in [0.4, 0.5) is 0 Å². The summed E-state index contributed by atoms with van der Waals surface area (Å²) in [4.78, 5) is 18.6. The number of carbonyl (C=O) groups is 1. The van der Waals surface area contributed by atoms with Gasteiger partial charge in [0.2, 0.25) is 6.20 Å². The number of rotatable bonds is 4. The van der Waals surface area contributed by atoms with Gasteiger partial charge in [-0.2, -0.15) is 0 Å². The SMILES string of the molecule is O=C(O)CC[n+]1cc(-c2cnccn2)ccn1. The lowest BCUT2D eigenvalue weighted by atomic mass is 10.2. The summed E-state index contributed by atoms with van der Waals surface area (Å²) in [5.74, 6) is -0.843. The number of aryl methyl sites for hydroxylation is 1. The van der Waals surface area contributed by atoms with E-state index in [1.54, 1.807) is 41.7 Å². The van der Waals surface area contributed by atoms with Crippen LogP contribution in [0.15, 0.2) is 37.1 Å². The van der Waals surface area contributed by atoms with Crippen molar-refractivity contribution in [3.63, 3.8) is 0 Å². The molecule has 0 atom stereocenters. The number of hydrogen-bond donors (Lipinski definition) is 1. The number of aliphatic carboxylic acids is 1. The van der Waals surface area contributed by atoms with Gasteiger partial charge < -0.3 is 5.11 Å². The molecule has 17 heavy (non-hydrogen) atoms. The Morgan fingerprint density at radius 2 is 2.24 bits per heavy atom. The van der Waals surface area contributed by atoms with Crippen LogP contribution in [0.5, 0.6) is 0 Å². The highest BCUT2D eigenvalue weighted by Crippen LogP contribution is 2.10. The molecule has 0 aromatic carbocycles. The van der Waals surface area contributed by atoms with Crippen molar-refractivity contribution in [1.29, 1.82) is 0 Å². The summed E-state index contributed by atoms with van der Waals surface area (Å²) in [6.45, 7) is 0.337. The molecule has 1 N–H and O–H groups in total. The zero-order valence-corrected chi connectivity index (χ0v) is 9.02. The normalized spacial score (nSPS) is 10.1. The third kappa shape index (κ3) is 3.04. The molecular weight excluding hydrogens is 220 g/mol. The molecule has 0 aliphatic heterocycles. The van der Waals surface area contributed by atoms with Gasteiger partial charge in [-0.1, -0.05) is 4.68 Å². The Bertz CT molecular complexity index is 516. The Morgan fingerprint density at radius 1 is 1.35 bits per heavy atom. The average molecular weight is 231 g/mol. The van der Waals surface area contributed by atoms with Crippen LogP contribution in [0, 0.1) is 0 Å². The van der Waals surface area contributed by atoms with Gasteiger partial charge in [-0.3, -0.25) is 14.8 Å². The van der Waals surface area contributed by atoms with E-state index in [1.165, 1.54) is 0 Å². The smallest absolute Gasteiger partial charge is 0.309 e. The van der Waals surface area contributed by atoms with Crippen molar-refractivity contribution in [2.75, 3.05) is 0 Å². The minimum Gasteiger partial charge on any atom is -0.481 e. The Kier molecular flexibility index (Phi) is 3.34. The number of aromatic nitrogens is 4. The van der Waals surface area contributed by atoms with Gasteiger partial charge in [0.15, 0.2) is 6.54 Å². The second-order valence-electron chi connectivity index (χ2n) is 3.41. The van der Waals surface area contributed by atoms with Crippen LogP contribution in [0.1, 0.15) is 6.42 Å². The first-order chi connectivity index (χ1) is 8.25. The zero-order chi connectivity index (χ0) is 12.1. The summed E-state index contributed by atoms with van der Waals surface area (Å²) < 4.78 is 1.58. The molecule has 0 saturated heterocycles. The highest BCUT2D eigenvalue weighted by atomic mass is 16.4. The topological polar surface area (TPSA) is 79.9 Å². The Hall–Kier alpha value is -2.37. The summed E-state index contributed by atoms with van der Waals surface area (Å²) in [7, 11) is 0. The number of nitrogens with zero attached hydrogens (tertiary/aromatic N) is 4. The van der Waals surface area contributed by atoms with E-state index in [-0.39, 0.29) is 6.42 Å². The van der Waals surface area contributed by atoms with Gasteiger partial charge in [0, 0.05) is 12.4 Å². The van der Waals surface area contributed by atoms with E-state index >= 15 is 0 Å². The highest BCUT2D eigenvalue weighted by Gasteiger charge is 2.09. The van der Waals surface area contributed by atoms with Gasteiger partial charge in [-0.15, -0.1) is 0 Å². The number of hydrogen-bond acceptors (Lipinski definition) is 4. The van der Waals surface area contributed by atoms with E-state index in [0.29, 0.717) is 6.54 Å². The molecule has 0 bridgehead atoms. The van der Waals surface area contributed by atoms with Crippen LogP contribution >= 0.6 is 0 Å². The van der Waals surface area contributed by atoms with Crippen LogP contribution in [-0.2, 0) is 11.3 Å². The molecule has 0 aliphatic rings. The molecule has 6 heteroatoms. The second kappa shape index (κ2) is 5.11. The standard InChI is InChI=1S/C11H10N4O2/c16-11(17)2-6-15-8-9(1-3-14-15)10-7-12-4-5-13-10/h1,3-5,7-8H,2,6H2/p+1. The van der Waals surface area contributed by atoms with Crippen LogP contribution < -0.4 is 4.68 Å². The third-order valence-electron chi connectivity index (χ3n) is 2.17. The van der Waals surface area contributed by atoms with Gasteiger partial charge in [0.1, 0.15) is 6.42 Å². The lowest BCUT2D eigenvalue weighted by Gasteiger charge is -1.97. The van der Waals surface area contributed by atoms with Crippen molar-refractivity contribution in [3.8, 4) is 11.3 Å². The number of carboxylic acids is 1. The summed E-state index contributed by atoms with van der Waals surface area (Å²) >= 11 is 0. The van der Waals surface area contributed by atoms with Crippen molar-refractivity contribution in [2.45, 2.75) is 13.0 Å². The summed E-state index contributed by atoms with van der Waals surface area (Å²) in [6.07, 6.45) is 8.28. The van der Waals surface area contributed by atoms with Gasteiger partial charge in [-0.25, -0.2) is 0 Å². The maximum Gasteiger partial charge on any atom is 0.309 e. The molecule has 2 aromatic heterocycles. The lowest BCUT2D eigenvalue weighted by Crippen LogP contribution is -2.38. The first-order valence-corrected chi connectivity index (χ1v) is 5.09. The predicted molar refractivity (Wildman–Crippen MR) is 57.7 cm³/mol. The van der Waals surface area contributed by atoms with E-state index < -0.39 is 5.97 Å². The molecular formula is C11H11N4O2+. The molecule has 0 aliphatic carbocycles. The Morgan fingerprint density at radius 3 is 2.94 bits per heavy atom. The fourth-order valence-corrected chi connectivity index (χ4v) is 1.37. The van der Waals surface area contributed by atoms with Gasteiger partial charge >= 0.3 is 5.97 Å². The molecule has 6 nitrogen and oxygen atoms in total. The average Bonchev–Trinajstić information content (AvgIpc) is 2.38. The van der Waals surface area contributed by atoms with E-state index in [9.17, 15) is 4.79 Å². The molecule has 0 spiro atoms. The van der Waals surface area contributed by atoms with Crippen LogP contribution in [0.25, 0.3) is 11.3 Å². The van der Waals surface area contributed by atoms with Crippen molar-refractivity contribution in [3.05, 3.63) is 37.1 Å². The zero-order valence-electron chi connectivity index (χ0n) is 9.02. The minimum absolute atomic E-state index is 0.0432. The summed E-state index contributed by atoms with van der Waals surface area (Å²) in [5.41, 5.74) is 1.59. The first kappa shape index (κ1) is 11.1. The first-order valence-electron chi connectivity index (χ1n) is 5.09. The molecule has 0 amide bonds. The van der Waals surface area contributed by atoms with Gasteiger partial charge in [-0.05, 0) is 11.2 Å². The van der Waals surface area contributed by atoms with Crippen molar-refractivity contribution < 1.29 is 14.6 Å². The molecule has 2 aromatic rings. The quantitative estimate of drug-likeness (QED) is 0.765. The largest absolute Gasteiger partial charge is 0.481 e. The van der Waals surface area contributed by atoms with Crippen molar-refractivity contribution >= 4 is 5.97 Å². The van der Waals surface area contributed by atoms with E-state index in [0.717, 1.165) is 11.3 Å². The molecule has 2 rings (SSSR count). The van der Waals surface area contributed by atoms with Crippen LogP contribution in [0.3, 0.4) is 0 Å². The van der Waals surface area contributed by atoms with E-state index in [4.69, 9.17) is 5.11 Å². The highest BCUT2D eigenvalue weighted by molar-refractivity contribution is 5.66. The molecule has 2 heterocycles. The molecule has 86 valence electrons. The fourth-order valence-electron chi connectivity index (χ4n) is 1.37. The summed E-state index contributed by atoms with van der Waals surface area (Å²) in [6, 6.07) is 1.81. The van der Waals surface area contributed by atoms with Crippen molar-refractivity contribution in [2.24, 2.45) is 0 Å². The van der Waals surface area contributed by atoms with Crippen molar-refractivity contribution in [1.82, 2.24) is 15.1 Å². The predicted octanol–water partition coefficient (Wildman–Crippen LogP) is 0.301. The Labute approximate surface area is 97.6 Å². The van der Waals surface area contributed by atoms with Gasteiger partial charge in [0.05, 0.1) is 23.7 Å². The lowest BCUT2D eigenvalue weighted by molar-refractivity contribution is -0.752. The monoisotopic (exact) mass is 231 g/mol. The Balaban J connectivity index is 2.20. The molecule has 0 unspecified atom stereocenters. The fraction of sp³-hybridized carbons (Fsp3) is 0.182. The maximum absolute atomic E-state index is 10.5. The maximum atomic E-state index is 10.5. The van der Waals surface area contributed by atoms with E-state index in [2.05, 4.69) is 15.1 Å². The molecule has 0 saturated carbocycles. The molecule has 0 fully saturated rings.